The van der Waals surface area contributed by atoms with Crippen LogP contribution in [0.25, 0.3) is 111 Å². The van der Waals surface area contributed by atoms with Gasteiger partial charge in [0.15, 0.2) is 0 Å². The summed E-state index contributed by atoms with van der Waals surface area (Å²) in [6.07, 6.45) is -1.18. The first-order valence-electron chi connectivity index (χ1n) is 22.6. The van der Waals surface area contributed by atoms with Crippen LogP contribution in [0.3, 0.4) is 0 Å². The standard InChI is InChI=1S/C61H35F3N6/c62-61(63,64)47-28-38(36-65)27-45(29-47)52-35-57(69-55-17-9-7-15-48(55)50-21-19-41(32-58(50)69)43-23-25-67-53(30-43)39-11-3-1-4-12-39)46(37-66)34-60(52)70-56-18-10-8-16-49(56)51-22-20-42(33-59(51)70)44-24-26-68-54(31-44)40-13-5-2-6-14-40/h1-35H. The Labute approximate surface area is 399 Å². The molecule has 0 radical (unpaired) electrons. The first-order valence-corrected chi connectivity index (χ1v) is 22.6. The molecule has 4 aromatic heterocycles. The topological polar surface area (TPSA) is 83.2 Å². The summed E-state index contributed by atoms with van der Waals surface area (Å²) < 4.78 is 48.5. The summed E-state index contributed by atoms with van der Waals surface area (Å²) in [6.45, 7) is 0. The maximum atomic E-state index is 14.8. The number of alkyl halides is 3. The average Bonchev–Trinajstić information content (AvgIpc) is 3.92. The van der Waals surface area contributed by atoms with Crippen LogP contribution in [0.1, 0.15) is 16.7 Å². The van der Waals surface area contributed by atoms with Gasteiger partial charge in [-0.05, 0) is 107 Å². The first kappa shape index (κ1) is 41.8. The normalized spacial score (nSPS) is 11.6. The summed E-state index contributed by atoms with van der Waals surface area (Å²) in [5.41, 5.74) is 11.1. The third kappa shape index (κ3) is 7.13. The molecule has 0 saturated heterocycles. The Morgan fingerprint density at radius 1 is 0.386 bits per heavy atom. The molecule has 6 nitrogen and oxygen atoms in total. The van der Waals surface area contributed by atoms with Crippen LogP contribution in [0, 0.1) is 22.7 Å². The van der Waals surface area contributed by atoms with Crippen LogP contribution < -0.4 is 0 Å². The molecule has 9 heteroatoms. The SMILES string of the molecule is N#Cc1cc(-c2cc(-n3c4ccccc4c4ccc(-c5ccnc(-c6ccccc6)c5)cc43)c(C#N)cc2-n2c3ccccc3c3ccc(-c4ccnc(-c5ccccc5)c4)cc32)cc(C(F)(F)F)c1. The van der Waals surface area contributed by atoms with Crippen LogP contribution in [0.2, 0.25) is 0 Å². The fourth-order valence-corrected chi connectivity index (χ4v) is 9.85. The van der Waals surface area contributed by atoms with Crippen molar-refractivity contribution in [2.24, 2.45) is 0 Å². The quantitative estimate of drug-likeness (QED) is 0.159. The molecule has 0 amide bonds. The van der Waals surface area contributed by atoms with Gasteiger partial charge in [-0.3, -0.25) is 9.97 Å². The molecule has 0 aliphatic carbocycles. The number of nitriles is 2. The lowest BCUT2D eigenvalue weighted by Gasteiger charge is -2.20. The van der Waals surface area contributed by atoms with Crippen molar-refractivity contribution in [3.8, 4) is 79.4 Å². The largest absolute Gasteiger partial charge is 0.416 e. The maximum Gasteiger partial charge on any atom is 0.416 e. The monoisotopic (exact) mass is 908 g/mol. The Hall–Kier alpha value is -9.57. The number of halogens is 3. The summed E-state index contributed by atoms with van der Waals surface area (Å²) in [5.74, 6) is 0. The zero-order valence-electron chi connectivity index (χ0n) is 37.0. The average molecular weight is 909 g/mol. The van der Waals surface area contributed by atoms with E-state index in [1.54, 1.807) is 18.5 Å². The summed E-state index contributed by atoms with van der Waals surface area (Å²) in [6, 6.07) is 67.6. The van der Waals surface area contributed by atoms with Crippen LogP contribution >= 0.6 is 0 Å². The number of nitrogens with zero attached hydrogens (tertiary/aromatic N) is 6. The van der Waals surface area contributed by atoms with E-state index in [0.717, 1.165) is 101 Å². The molecule has 0 saturated carbocycles. The lowest BCUT2D eigenvalue weighted by Crippen LogP contribution is -2.07. The summed E-state index contributed by atoms with van der Waals surface area (Å²) in [4.78, 5) is 9.32. The minimum absolute atomic E-state index is 0.146. The highest BCUT2D eigenvalue weighted by atomic mass is 19.4. The number of pyridine rings is 2. The number of para-hydroxylation sites is 2. The number of aromatic nitrogens is 4. The Balaban J connectivity index is 1.14. The van der Waals surface area contributed by atoms with E-state index < -0.39 is 11.7 Å². The minimum Gasteiger partial charge on any atom is -0.309 e. The number of hydrogen-bond donors (Lipinski definition) is 0. The molecule has 0 unspecified atom stereocenters. The maximum absolute atomic E-state index is 14.8. The van der Waals surface area contributed by atoms with E-state index in [0.29, 0.717) is 22.5 Å². The van der Waals surface area contributed by atoms with E-state index in [9.17, 15) is 23.7 Å². The van der Waals surface area contributed by atoms with Gasteiger partial charge in [-0.2, -0.15) is 23.7 Å². The van der Waals surface area contributed by atoms with Gasteiger partial charge in [0.1, 0.15) is 6.07 Å². The number of benzene rings is 8. The van der Waals surface area contributed by atoms with Crippen LogP contribution in [-0.2, 0) is 6.18 Å². The van der Waals surface area contributed by atoms with Crippen molar-refractivity contribution >= 4 is 43.6 Å². The second-order valence-electron chi connectivity index (χ2n) is 17.2. The van der Waals surface area contributed by atoms with Crippen molar-refractivity contribution in [1.29, 1.82) is 10.5 Å². The molecule has 70 heavy (non-hydrogen) atoms. The van der Waals surface area contributed by atoms with Crippen LogP contribution in [0.15, 0.2) is 213 Å². The third-order valence-corrected chi connectivity index (χ3v) is 13.1. The predicted molar refractivity (Wildman–Crippen MR) is 272 cm³/mol. The van der Waals surface area contributed by atoms with Crippen molar-refractivity contribution in [2.45, 2.75) is 6.18 Å². The Kier molecular flexibility index (Phi) is 9.94. The van der Waals surface area contributed by atoms with Crippen LogP contribution in [0.5, 0.6) is 0 Å². The van der Waals surface area contributed by atoms with Gasteiger partial charge in [0.2, 0.25) is 0 Å². The molecule has 0 aliphatic heterocycles. The molecule has 330 valence electrons. The fourth-order valence-electron chi connectivity index (χ4n) is 9.85. The zero-order valence-corrected chi connectivity index (χ0v) is 37.0. The Morgan fingerprint density at radius 2 is 0.871 bits per heavy atom. The van der Waals surface area contributed by atoms with E-state index in [4.69, 9.17) is 0 Å². The highest BCUT2D eigenvalue weighted by Gasteiger charge is 2.32. The van der Waals surface area contributed by atoms with Gasteiger partial charge in [0.05, 0.1) is 67.6 Å². The van der Waals surface area contributed by atoms with Gasteiger partial charge in [-0.1, -0.05) is 121 Å². The molecular formula is C61H35F3N6. The van der Waals surface area contributed by atoms with E-state index in [-0.39, 0.29) is 11.1 Å². The molecule has 0 N–H and O–H groups in total. The molecule has 0 aliphatic rings. The van der Waals surface area contributed by atoms with Crippen molar-refractivity contribution < 1.29 is 13.2 Å². The number of rotatable bonds is 7. The van der Waals surface area contributed by atoms with E-state index in [2.05, 4.69) is 52.4 Å². The highest BCUT2D eigenvalue weighted by molar-refractivity contribution is 6.12. The molecule has 0 bridgehead atoms. The third-order valence-electron chi connectivity index (χ3n) is 13.1. The molecule has 4 heterocycles. The van der Waals surface area contributed by atoms with Gasteiger partial charge < -0.3 is 9.13 Å². The van der Waals surface area contributed by atoms with Gasteiger partial charge in [0.25, 0.3) is 0 Å². The summed E-state index contributed by atoms with van der Waals surface area (Å²) >= 11 is 0. The molecule has 12 aromatic rings. The molecular weight excluding hydrogens is 874 g/mol. The Bertz CT molecular complexity index is 4140. The summed E-state index contributed by atoms with van der Waals surface area (Å²) in [7, 11) is 0. The van der Waals surface area contributed by atoms with Crippen molar-refractivity contribution in [1.82, 2.24) is 19.1 Å². The first-order chi connectivity index (χ1) is 34.2. The molecule has 12 rings (SSSR count). The smallest absolute Gasteiger partial charge is 0.309 e. The highest BCUT2D eigenvalue weighted by Crippen LogP contribution is 2.44. The van der Waals surface area contributed by atoms with E-state index >= 15 is 0 Å². The van der Waals surface area contributed by atoms with Crippen molar-refractivity contribution in [2.75, 3.05) is 0 Å². The lowest BCUT2D eigenvalue weighted by molar-refractivity contribution is -0.137. The molecule has 8 aromatic carbocycles. The molecule has 0 spiro atoms. The number of hydrogen-bond acceptors (Lipinski definition) is 4. The van der Waals surface area contributed by atoms with Crippen LogP contribution in [0.4, 0.5) is 13.2 Å². The van der Waals surface area contributed by atoms with E-state index in [1.165, 1.54) is 6.07 Å². The minimum atomic E-state index is -4.75. The zero-order chi connectivity index (χ0) is 47.5. The van der Waals surface area contributed by atoms with Gasteiger partial charge in [-0.25, -0.2) is 0 Å². The van der Waals surface area contributed by atoms with Crippen molar-refractivity contribution in [3.63, 3.8) is 0 Å². The predicted octanol–water partition coefficient (Wildman–Crippen LogP) is 15.8. The second-order valence-corrected chi connectivity index (χ2v) is 17.2. The molecule has 0 atom stereocenters. The van der Waals surface area contributed by atoms with Crippen LogP contribution in [-0.4, -0.2) is 19.1 Å². The van der Waals surface area contributed by atoms with Gasteiger partial charge in [0, 0.05) is 50.6 Å². The lowest BCUT2D eigenvalue weighted by atomic mass is 9.95. The van der Waals surface area contributed by atoms with Gasteiger partial charge in [-0.15, -0.1) is 0 Å². The number of fused-ring (bicyclic) bond motifs is 6. The van der Waals surface area contributed by atoms with E-state index in [1.807, 2.05) is 155 Å². The van der Waals surface area contributed by atoms with Crippen molar-refractivity contribution in [3.05, 3.63) is 229 Å². The fraction of sp³-hybridized carbons (Fsp3) is 0.0164. The second kappa shape index (κ2) is 16.6. The van der Waals surface area contributed by atoms with Gasteiger partial charge >= 0.3 is 6.18 Å². The summed E-state index contributed by atoms with van der Waals surface area (Å²) in [5, 5.41) is 25.2. The molecule has 0 fully saturated rings. The Morgan fingerprint density at radius 3 is 1.39 bits per heavy atom.